The van der Waals surface area contributed by atoms with Crippen LogP contribution in [0.1, 0.15) is 36.8 Å². The van der Waals surface area contributed by atoms with Gasteiger partial charge in [0.1, 0.15) is 5.84 Å². The maximum Gasteiger partial charge on any atom is 0.122 e. The van der Waals surface area contributed by atoms with Crippen molar-refractivity contribution in [3.63, 3.8) is 0 Å². The van der Waals surface area contributed by atoms with Crippen LogP contribution in [0.25, 0.3) is 0 Å². The highest BCUT2D eigenvalue weighted by Gasteiger charge is 2.33. The highest BCUT2D eigenvalue weighted by molar-refractivity contribution is 5.94. The summed E-state index contributed by atoms with van der Waals surface area (Å²) in [5, 5.41) is 7.39. The van der Waals surface area contributed by atoms with E-state index in [2.05, 4.69) is 17.0 Å². The fraction of sp³-hybridized carbons (Fsp3) is 0.533. The van der Waals surface area contributed by atoms with E-state index < -0.39 is 0 Å². The molecule has 3 rings (SSSR count). The molecule has 0 bridgehead atoms. The quantitative estimate of drug-likeness (QED) is 0.595. The van der Waals surface area contributed by atoms with Crippen molar-refractivity contribution in [3.05, 3.63) is 35.4 Å². The molecule has 18 heavy (non-hydrogen) atoms. The predicted molar refractivity (Wildman–Crippen MR) is 73.6 cm³/mol. The number of nitrogen functional groups attached to an aromatic ring is 1. The third-order valence-corrected chi connectivity index (χ3v) is 3.90. The van der Waals surface area contributed by atoms with Gasteiger partial charge in [-0.05, 0) is 37.2 Å². The van der Waals surface area contributed by atoms with Gasteiger partial charge in [0.15, 0.2) is 0 Å². The van der Waals surface area contributed by atoms with Gasteiger partial charge in [-0.25, -0.2) is 0 Å². The summed E-state index contributed by atoms with van der Waals surface area (Å²) in [6, 6.07) is 8.97. The predicted octanol–water partition coefficient (Wildman–Crippen LogP) is 2.35. The third-order valence-electron chi connectivity index (χ3n) is 3.90. The molecule has 0 unspecified atom stereocenters. The average molecular weight is 243 g/mol. The lowest BCUT2D eigenvalue weighted by Crippen LogP contribution is -2.27. The highest BCUT2D eigenvalue weighted by atomic mass is 15.2. The van der Waals surface area contributed by atoms with E-state index in [0.717, 1.165) is 24.1 Å². The largest absolute Gasteiger partial charge is 0.384 e. The smallest absolute Gasteiger partial charge is 0.122 e. The molecule has 1 aromatic rings. The molecule has 0 radical (unpaired) electrons. The monoisotopic (exact) mass is 243 g/mol. The topological polar surface area (TPSA) is 53.1 Å². The molecular formula is C15H21N3. The standard InChI is InChI=1S/C15H21N3/c16-15(17)13-5-3-12(4-6-13)10-18(14-7-8-14)9-11-1-2-11/h3-6,11,14H,1-2,7-10H2,(H3,16,17). The van der Waals surface area contributed by atoms with Crippen molar-refractivity contribution < 1.29 is 0 Å². The molecule has 0 heterocycles. The number of rotatable bonds is 6. The Morgan fingerprint density at radius 2 is 1.83 bits per heavy atom. The number of benzene rings is 1. The molecule has 0 spiro atoms. The Kier molecular flexibility index (Phi) is 3.08. The van der Waals surface area contributed by atoms with Crippen molar-refractivity contribution in [2.75, 3.05) is 6.54 Å². The summed E-state index contributed by atoms with van der Waals surface area (Å²) in [6.45, 7) is 2.33. The van der Waals surface area contributed by atoms with Crippen molar-refractivity contribution in [1.29, 1.82) is 5.41 Å². The van der Waals surface area contributed by atoms with E-state index in [1.54, 1.807) is 0 Å². The Labute approximate surface area is 108 Å². The zero-order chi connectivity index (χ0) is 12.5. The fourth-order valence-corrected chi connectivity index (χ4v) is 2.44. The summed E-state index contributed by atoms with van der Waals surface area (Å²) < 4.78 is 0. The summed E-state index contributed by atoms with van der Waals surface area (Å²) in [7, 11) is 0. The number of nitrogens with zero attached hydrogens (tertiary/aromatic N) is 1. The molecule has 3 nitrogen and oxygen atoms in total. The zero-order valence-corrected chi connectivity index (χ0v) is 10.7. The second kappa shape index (κ2) is 4.73. The van der Waals surface area contributed by atoms with Crippen LogP contribution in [0.4, 0.5) is 0 Å². The van der Waals surface area contributed by atoms with Crippen LogP contribution in [0.5, 0.6) is 0 Å². The van der Waals surface area contributed by atoms with Gasteiger partial charge < -0.3 is 5.73 Å². The molecule has 96 valence electrons. The maximum absolute atomic E-state index is 7.39. The molecule has 0 aliphatic heterocycles. The van der Waals surface area contributed by atoms with Crippen LogP contribution >= 0.6 is 0 Å². The maximum atomic E-state index is 7.39. The Morgan fingerprint density at radius 3 is 2.33 bits per heavy atom. The first-order chi connectivity index (χ1) is 8.72. The molecule has 0 saturated heterocycles. The molecule has 0 amide bonds. The third kappa shape index (κ3) is 2.91. The summed E-state index contributed by atoms with van der Waals surface area (Å²) >= 11 is 0. The molecule has 3 N–H and O–H groups in total. The molecule has 1 aromatic carbocycles. The van der Waals surface area contributed by atoms with Crippen LogP contribution in [-0.2, 0) is 6.54 Å². The number of amidine groups is 1. The first-order valence-electron chi connectivity index (χ1n) is 6.90. The SMILES string of the molecule is N=C(N)c1ccc(CN(CC2CC2)C2CC2)cc1. The van der Waals surface area contributed by atoms with Crippen LogP contribution in [0.2, 0.25) is 0 Å². The van der Waals surface area contributed by atoms with Gasteiger partial charge in [0, 0.05) is 24.7 Å². The van der Waals surface area contributed by atoms with Gasteiger partial charge in [0.25, 0.3) is 0 Å². The second-order valence-corrected chi connectivity index (χ2v) is 5.71. The summed E-state index contributed by atoms with van der Waals surface area (Å²) in [6.07, 6.45) is 5.59. The van der Waals surface area contributed by atoms with E-state index in [-0.39, 0.29) is 5.84 Å². The highest BCUT2D eigenvalue weighted by Crippen LogP contribution is 2.35. The van der Waals surface area contributed by atoms with E-state index in [9.17, 15) is 0 Å². The van der Waals surface area contributed by atoms with Crippen LogP contribution in [0, 0.1) is 11.3 Å². The normalized spacial score (nSPS) is 19.2. The molecule has 0 aromatic heterocycles. The first kappa shape index (κ1) is 11.7. The van der Waals surface area contributed by atoms with E-state index in [1.807, 2.05) is 12.1 Å². The fourth-order valence-electron chi connectivity index (χ4n) is 2.44. The lowest BCUT2D eigenvalue weighted by Gasteiger charge is -2.22. The van der Waals surface area contributed by atoms with E-state index in [4.69, 9.17) is 11.1 Å². The molecule has 2 saturated carbocycles. The van der Waals surface area contributed by atoms with Gasteiger partial charge in [-0.2, -0.15) is 0 Å². The van der Waals surface area contributed by atoms with Crippen LogP contribution < -0.4 is 5.73 Å². The Bertz CT molecular complexity index is 430. The molecular weight excluding hydrogens is 222 g/mol. The van der Waals surface area contributed by atoms with Crippen LogP contribution in [-0.4, -0.2) is 23.3 Å². The van der Waals surface area contributed by atoms with Crippen molar-refractivity contribution in [2.45, 2.75) is 38.3 Å². The first-order valence-corrected chi connectivity index (χ1v) is 6.90. The minimum atomic E-state index is 0.151. The summed E-state index contributed by atoms with van der Waals surface area (Å²) in [5.41, 5.74) is 7.63. The lowest BCUT2D eigenvalue weighted by atomic mass is 10.1. The molecule has 2 aliphatic carbocycles. The van der Waals surface area contributed by atoms with E-state index >= 15 is 0 Å². The van der Waals surface area contributed by atoms with Gasteiger partial charge in [-0.15, -0.1) is 0 Å². The van der Waals surface area contributed by atoms with E-state index in [1.165, 1.54) is 37.8 Å². The number of hydrogen-bond acceptors (Lipinski definition) is 2. The van der Waals surface area contributed by atoms with E-state index in [0.29, 0.717) is 0 Å². The minimum absolute atomic E-state index is 0.151. The lowest BCUT2D eigenvalue weighted by molar-refractivity contribution is 0.244. The van der Waals surface area contributed by atoms with Gasteiger partial charge >= 0.3 is 0 Å². The Balaban J connectivity index is 1.63. The number of nitrogens with two attached hydrogens (primary N) is 1. The Morgan fingerprint density at radius 1 is 1.17 bits per heavy atom. The second-order valence-electron chi connectivity index (χ2n) is 5.71. The van der Waals surface area contributed by atoms with Crippen molar-refractivity contribution >= 4 is 5.84 Å². The number of hydrogen-bond donors (Lipinski definition) is 2. The molecule has 2 aliphatic rings. The molecule has 0 atom stereocenters. The van der Waals surface area contributed by atoms with Crippen LogP contribution in [0.3, 0.4) is 0 Å². The Hall–Kier alpha value is -1.35. The molecule has 3 heteroatoms. The summed E-state index contributed by atoms with van der Waals surface area (Å²) in [4.78, 5) is 2.64. The van der Waals surface area contributed by atoms with Crippen molar-refractivity contribution in [3.8, 4) is 0 Å². The van der Waals surface area contributed by atoms with Gasteiger partial charge in [-0.1, -0.05) is 24.3 Å². The van der Waals surface area contributed by atoms with Gasteiger partial charge in [-0.3, -0.25) is 10.3 Å². The average Bonchev–Trinajstić information content (AvgIpc) is 3.23. The van der Waals surface area contributed by atoms with Crippen molar-refractivity contribution in [1.82, 2.24) is 4.90 Å². The minimum Gasteiger partial charge on any atom is -0.384 e. The van der Waals surface area contributed by atoms with Gasteiger partial charge in [0.2, 0.25) is 0 Å². The van der Waals surface area contributed by atoms with Gasteiger partial charge in [0.05, 0.1) is 0 Å². The van der Waals surface area contributed by atoms with Crippen LogP contribution in [0.15, 0.2) is 24.3 Å². The summed E-state index contributed by atoms with van der Waals surface area (Å²) in [5.74, 6) is 1.11. The molecule has 2 fully saturated rings. The van der Waals surface area contributed by atoms with Crippen molar-refractivity contribution in [2.24, 2.45) is 11.7 Å². The number of nitrogens with one attached hydrogen (secondary N) is 1. The zero-order valence-electron chi connectivity index (χ0n) is 10.7.